The summed E-state index contributed by atoms with van der Waals surface area (Å²) in [5.74, 6) is -0.636. The molecule has 6 rings (SSSR count). The number of nitrogens with one attached hydrogen (secondary N) is 2. The molecule has 3 N–H and O–H groups in total. The Balaban J connectivity index is 1.11. The Kier molecular flexibility index (Phi) is 10.9. The minimum absolute atomic E-state index is 0.00417. The highest BCUT2D eigenvalue weighted by molar-refractivity contribution is 7.09. The number of pyridine rings is 1. The van der Waals surface area contributed by atoms with Gasteiger partial charge in [-0.15, -0.1) is 11.3 Å². The Morgan fingerprint density at radius 3 is 2.39 bits per heavy atom. The summed E-state index contributed by atoms with van der Waals surface area (Å²) < 4.78 is 20.5. The molecule has 49 heavy (non-hydrogen) atoms. The maximum atomic E-state index is 14.4. The van der Waals surface area contributed by atoms with Gasteiger partial charge in [-0.1, -0.05) is 18.2 Å². The molecule has 0 bridgehead atoms. The molecule has 2 aromatic heterocycles. The standard InChI is InChI=1S/C37H43FN6O4S/c1-23(2)44-15-13-43(14-16-44)21-26-17-30(45)11-12-32(26)25-5-4-6-31(18-25)48-37-33(19-27(38)20-39-37)35(46)41-28-7-9-29(10-8-28)42-36(47)34-22-49-24(3)40-34/h4-6,11-12,17-20,22-23,28-29,45H,7-10,13-16,21H2,1-3H3,(H,41,46)(H,42,47)/t28-,29+. The van der Waals surface area contributed by atoms with Gasteiger partial charge in [0.2, 0.25) is 5.88 Å². The van der Waals surface area contributed by atoms with Gasteiger partial charge in [0, 0.05) is 56.2 Å². The van der Waals surface area contributed by atoms with Crippen LogP contribution in [0.5, 0.6) is 17.4 Å². The number of halogens is 1. The van der Waals surface area contributed by atoms with Crippen LogP contribution in [0.1, 0.15) is 70.9 Å². The third kappa shape index (κ3) is 8.80. The molecule has 10 nitrogen and oxygen atoms in total. The number of phenols is 1. The average molecular weight is 687 g/mol. The monoisotopic (exact) mass is 686 g/mol. The third-order valence-electron chi connectivity index (χ3n) is 9.29. The Morgan fingerprint density at radius 2 is 1.71 bits per heavy atom. The smallest absolute Gasteiger partial charge is 0.270 e. The van der Waals surface area contributed by atoms with E-state index < -0.39 is 11.7 Å². The number of hydrogen-bond acceptors (Lipinski definition) is 9. The number of aromatic nitrogens is 2. The number of benzene rings is 2. The first kappa shape index (κ1) is 34.5. The lowest BCUT2D eigenvalue weighted by Gasteiger charge is -2.37. The summed E-state index contributed by atoms with van der Waals surface area (Å²) >= 11 is 1.44. The molecule has 0 radical (unpaired) electrons. The van der Waals surface area contributed by atoms with Crippen molar-refractivity contribution in [3.63, 3.8) is 0 Å². The predicted molar refractivity (Wildman–Crippen MR) is 188 cm³/mol. The number of aromatic hydroxyl groups is 1. The molecule has 1 aliphatic heterocycles. The van der Waals surface area contributed by atoms with Crippen molar-refractivity contribution in [2.24, 2.45) is 0 Å². The van der Waals surface area contributed by atoms with E-state index in [-0.39, 0.29) is 35.2 Å². The number of thiazole rings is 1. The molecule has 2 aliphatic rings. The van der Waals surface area contributed by atoms with Crippen LogP contribution in [0.4, 0.5) is 4.39 Å². The number of phenolic OH excluding ortho intramolecular Hbond substituents is 1. The molecule has 258 valence electrons. The Morgan fingerprint density at radius 1 is 1.00 bits per heavy atom. The van der Waals surface area contributed by atoms with Gasteiger partial charge in [-0.25, -0.2) is 14.4 Å². The zero-order valence-electron chi connectivity index (χ0n) is 28.1. The average Bonchev–Trinajstić information content (AvgIpc) is 3.53. The van der Waals surface area contributed by atoms with E-state index in [2.05, 4.69) is 44.2 Å². The number of amides is 2. The van der Waals surface area contributed by atoms with Crippen molar-refractivity contribution >= 4 is 23.2 Å². The molecular weight excluding hydrogens is 644 g/mol. The number of ether oxygens (including phenoxy) is 1. The van der Waals surface area contributed by atoms with E-state index in [0.29, 0.717) is 49.7 Å². The van der Waals surface area contributed by atoms with E-state index in [9.17, 15) is 19.1 Å². The summed E-state index contributed by atoms with van der Waals surface area (Å²) in [6.45, 7) is 10.9. The molecule has 0 atom stereocenters. The normalized spacial score (nSPS) is 18.7. The largest absolute Gasteiger partial charge is 0.508 e. The van der Waals surface area contributed by atoms with Crippen LogP contribution >= 0.6 is 11.3 Å². The number of hydrogen-bond donors (Lipinski definition) is 3. The number of carbonyl (C=O) groups is 2. The third-order valence-corrected chi connectivity index (χ3v) is 10.1. The highest BCUT2D eigenvalue weighted by Crippen LogP contribution is 2.33. The molecule has 0 spiro atoms. The number of aryl methyl sites for hydroxylation is 1. The quantitative estimate of drug-likeness (QED) is 0.182. The van der Waals surface area contributed by atoms with E-state index in [1.807, 2.05) is 37.3 Å². The fourth-order valence-corrected chi connectivity index (χ4v) is 7.15. The van der Waals surface area contributed by atoms with Crippen molar-refractivity contribution in [3.05, 3.63) is 87.8 Å². The first-order chi connectivity index (χ1) is 23.6. The lowest BCUT2D eigenvalue weighted by molar-refractivity contribution is 0.0888. The van der Waals surface area contributed by atoms with Crippen molar-refractivity contribution in [2.75, 3.05) is 26.2 Å². The summed E-state index contributed by atoms with van der Waals surface area (Å²) in [6, 6.07) is 14.4. The first-order valence-corrected chi connectivity index (χ1v) is 17.7. The molecule has 2 fully saturated rings. The van der Waals surface area contributed by atoms with Gasteiger partial charge >= 0.3 is 0 Å². The second kappa shape index (κ2) is 15.4. The van der Waals surface area contributed by atoms with Crippen LogP contribution < -0.4 is 15.4 Å². The van der Waals surface area contributed by atoms with E-state index in [0.717, 1.165) is 60.1 Å². The van der Waals surface area contributed by atoms with E-state index in [4.69, 9.17) is 4.74 Å². The number of nitrogens with zero attached hydrogens (tertiary/aromatic N) is 4. The molecule has 2 aromatic carbocycles. The Bertz CT molecular complexity index is 1780. The van der Waals surface area contributed by atoms with Crippen LogP contribution in [-0.2, 0) is 6.54 Å². The zero-order chi connectivity index (χ0) is 34.5. The highest BCUT2D eigenvalue weighted by Gasteiger charge is 2.27. The van der Waals surface area contributed by atoms with Crippen LogP contribution in [-0.4, -0.2) is 81.0 Å². The van der Waals surface area contributed by atoms with Gasteiger partial charge in [0.25, 0.3) is 11.8 Å². The van der Waals surface area contributed by atoms with Gasteiger partial charge < -0.3 is 20.5 Å². The number of carbonyl (C=O) groups excluding carboxylic acids is 2. The fraction of sp³-hybridized carbons (Fsp3) is 0.405. The van der Waals surface area contributed by atoms with Gasteiger partial charge in [0.1, 0.15) is 28.6 Å². The second-order valence-corrected chi connectivity index (χ2v) is 14.2. The summed E-state index contributed by atoms with van der Waals surface area (Å²) in [4.78, 5) is 39.2. The van der Waals surface area contributed by atoms with Crippen LogP contribution in [0.2, 0.25) is 0 Å². The molecule has 1 aliphatic carbocycles. The molecule has 3 heterocycles. The van der Waals surface area contributed by atoms with Crippen LogP contribution in [0.25, 0.3) is 11.1 Å². The van der Waals surface area contributed by atoms with Crippen molar-refractivity contribution in [3.8, 4) is 28.5 Å². The lowest BCUT2D eigenvalue weighted by Crippen LogP contribution is -2.48. The van der Waals surface area contributed by atoms with Gasteiger partial charge in [0.05, 0.1) is 11.2 Å². The molecule has 1 saturated heterocycles. The van der Waals surface area contributed by atoms with Gasteiger partial charge in [-0.3, -0.25) is 19.4 Å². The topological polar surface area (TPSA) is 120 Å². The van der Waals surface area contributed by atoms with E-state index in [1.165, 1.54) is 11.3 Å². The number of rotatable bonds is 10. The highest BCUT2D eigenvalue weighted by atomic mass is 32.1. The van der Waals surface area contributed by atoms with E-state index in [1.54, 1.807) is 17.5 Å². The SMILES string of the molecule is Cc1nc(C(=O)N[C@H]2CC[C@@H](NC(=O)c3cc(F)cnc3Oc3cccc(-c4ccc(O)cc4CN4CCN(C(C)C)CC4)c3)CC2)cs1. The van der Waals surface area contributed by atoms with Crippen LogP contribution in [0.15, 0.2) is 60.1 Å². The van der Waals surface area contributed by atoms with E-state index >= 15 is 0 Å². The van der Waals surface area contributed by atoms with Crippen molar-refractivity contribution in [1.82, 2.24) is 30.4 Å². The Labute approximate surface area is 290 Å². The van der Waals surface area contributed by atoms with Crippen molar-refractivity contribution in [2.45, 2.75) is 71.1 Å². The molecule has 1 saturated carbocycles. The maximum Gasteiger partial charge on any atom is 0.270 e. The fourth-order valence-electron chi connectivity index (χ4n) is 6.55. The van der Waals surface area contributed by atoms with Crippen LogP contribution in [0, 0.1) is 12.7 Å². The van der Waals surface area contributed by atoms with Crippen LogP contribution in [0.3, 0.4) is 0 Å². The predicted octanol–water partition coefficient (Wildman–Crippen LogP) is 6.15. The minimum Gasteiger partial charge on any atom is -0.508 e. The molecule has 0 unspecified atom stereocenters. The molecule has 4 aromatic rings. The Hall–Kier alpha value is -4.39. The molecule has 2 amide bonds. The number of piperazine rings is 1. The lowest BCUT2D eigenvalue weighted by atomic mass is 9.91. The zero-order valence-corrected chi connectivity index (χ0v) is 28.9. The summed E-state index contributed by atoms with van der Waals surface area (Å²) in [5.41, 5.74) is 3.28. The van der Waals surface area contributed by atoms with Gasteiger partial charge in [0.15, 0.2) is 0 Å². The minimum atomic E-state index is -0.641. The van der Waals surface area contributed by atoms with Crippen molar-refractivity contribution in [1.29, 1.82) is 0 Å². The maximum absolute atomic E-state index is 14.4. The molecule has 12 heteroatoms. The summed E-state index contributed by atoms with van der Waals surface area (Å²) in [7, 11) is 0. The molecular formula is C37H43FN6O4S. The summed E-state index contributed by atoms with van der Waals surface area (Å²) in [6.07, 6.45) is 3.76. The van der Waals surface area contributed by atoms with Gasteiger partial charge in [-0.2, -0.15) is 0 Å². The summed E-state index contributed by atoms with van der Waals surface area (Å²) in [5, 5.41) is 19.0. The second-order valence-electron chi connectivity index (χ2n) is 13.1. The first-order valence-electron chi connectivity index (χ1n) is 16.9. The van der Waals surface area contributed by atoms with Gasteiger partial charge in [-0.05, 0) is 93.5 Å². The van der Waals surface area contributed by atoms with Crippen molar-refractivity contribution < 1.29 is 23.8 Å².